The number of fused-ring (bicyclic) bond motifs is 1. The van der Waals surface area contributed by atoms with E-state index in [1.54, 1.807) is 18.2 Å². The van der Waals surface area contributed by atoms with E-state index < -0.39 is 5.90 Å². The first kappa shape index (κ1) is 15.9. The van der Waals surface area contributed by atoms with E-state index in [0.717, 1.165) is 4.73 Å². The van der Waals surface area contributed by atoms with Crippen LogP contribution in [-0.2, 0) is 0 Å². The van der Waals surface area contributed by atoms with Crippen molar-refractivity contribution in [1.29, 1.82) is 0 Å². The van der Waals surface area contributed by atoms with Gasteiger partial charge in [-0.1, -0.05) is 12.1 Å². The van der Waals surface area contributed by atoms with Gasteiger partial charge in [0.2, 0.25) is 0 Å². The molecule has 0 fully saturated rings. The van der Waals surface area contributed by atoms with Crippen molar-refractivity contribution in [3.63, 3.8) is 0 Å². The monoisotopic (exact) mass is 309 g/mol. The van der Waals surface area contributed by atoms with E-state index in [1.165, 1.54) is 17.6 Å². The van der Waals surface area contributed by atoms with E-state index in [0.29, 0.717) is 9.94 Å². The van der Waals surface area contributed by atoms with Gasteiger partial charge in [0.1, 0.15) is 18.9 Å². The second-order valence-corrected chi connectivity index (χ2v) is 4.79. The molecule has 0 aliphatic rings. The molecule has 0 spiro atoms. The highest BCUT2D eigenvalue weighted by Gasteiger charge is 2.33. The fourth-order valence-electron chi connectivity index (χ4n) is 2.33. The smallest absolute Gasteiger partial charge is 0.441 e. The molecule has 0 aliphatic carbocycles. The molecule has 1 heterocycles. The zero-order chi connectivity index (χ0) is 16.3. The summed E-state index contributed by atoms with van der Waals surface area (Å²) in [6, 6.07) is 6.43. The zero-order valence-corrected chi connectivity index (χ0v) is 12.2. The lowest BCUT2D eigenvalue weighted by molar-refractivity contribution is -0.547. The Hall–Kier alpha value is -2.45. The average Bonchev–Trinajstić information content (AvgIpc) is 2.52. The second-order valence-electron chi connectivity index (χ2n) is 4.79. The molecule has 0 saturated carbocycles. The van der Waals surface area contributed by atoms with Gasteiger partial charge >= 0.3 is 11.6 Å². The molecule has 0 amide bonds. The Morgan fingerprint density at radius 1 is 1.23 bits per heavy atom. The van der Waals surface area contributed by atoms with Crippen LogP contribution < -0.4 is 4.43 Å². The van der Waals surface area contributed by atoms with Crippen LogP contribution in [0.3, 0.4) is 0 Å². The minimum Gasteiger partial charge on any atom is -0.455 e. The Morgan fingerprint density at radius 2 is 1.82 bits per heavy atom. The van der Waals surface area contributed by atoms with Gasteiger partial charge in [0.05, 0.1) is 4.43 Å². The average molecular weight is 309 g/mol. The van der Waals surface area contributed by atoms with Crippen LogP contribution in [-0.4, -0.2) is 62.0 Å². The van der Waals surface area contributed by atoms with Crippen molar-refractivity contribution in [3.05, 3.63) is 40.6 Å². The van der Waals surface area contributed by atoms with Crippen molar-refractivity contribution in [2.75, 3.05) is 26.3 Å². The fraction of sp³-hybridized carbons (Fsp3) is 0.357. The highest BCUT2D eigenvalue weighted by Crippen LogP contribution is 2.13. The van der Waals surface area contributed by atoms with Gasteiger partial charge in [-0.3, -0.25) is 0 Å². The first-order valence-electron chi connectivity index (χ1n) is 6.82. The van der Waals surface area contributed by atoms with Crippen molar-refractivity contribution in [2.45, 2.75) is 6.92 Å². The number of hydrogen-bond donors (Lipinski definition) is 4. The van der Waals surface area contributed by atoms with Gasteiger partial charge in [-0.15, -0.1) is 0 Å². The fourth-order valence-corrected chi connectivity index (χ4v) is 2.33. The van der Waals surface area contributed by atoms with Crippen molar-refractivity contribution >= 4 is 16.9 Å². The molecule has 1 aromatic carbocycles. The van der Waals surface area contributed by atoms with E-state index in [2.05, 4.69) is 0 Å². The summed E-state index contributed by atoms with van der Waals surface area (Å²) in [7, 11) is 0. The highest BCUT2D eigenvalue weighted by molar-refractivity contribution is 5.87. The predicted octanol–water partition coefficient (Wildman–Crippen LogP) is -0.597. The van der Waals surface area contributed by atoms with E-state index in [1.807, 2.05) is 0 Å². The Kier molecular flexibility index (Phi) is 4.74. The maximum Gasteiger partial charge on any atom is 0.441 e. The van der Waals surface area contributed by atoms with E-state index >= 15 is 0 Å². The Morgan fingerprint density at radius 3 is 2.41 bits per heavy atom. The maximum absolute atomic E-state index is 12.5. The molecule has 0 unspecified atom stereocenters. The number of para-hydroxylation sites is 2. The lowest BCUT2D eigenvalue weighted by atomic mass is 10.2. The minimum atomic E-state index is -0.413. The third-order valence-corrected chi connectivity index (χ3v) is 3.44. The van der Waals surface area contributed by atoms with Gasteiger partial charge in [-0.05, 0) is 13.0 Å². The summed E-state index contributed by atoms with van der Waals surface area (Å²) in [5.74, 6) is -0.413. The maximum atomic E-state index is 12.5. The van der Waals surface area contributed by atoms with Crippen LogP contribution in [0.2, 0.25) is 0 Å². The molecule has 0 aliphatic heterocycles. The van der Waals surface area contributed by atoms with Crippen LogP contribution in [0.5, 0.6) is 0 Å². The third-order valence-electron chi connectivity index (χ3n) is 3.44. The molecule has 0 saturated heterocycles. The number of benzene rings is 1. The molecule has 0 bridgehead atoms. The van der Waals surface area contributed by atoms with Crippen LogP contribution in [0.1, 0.15) is 11.4 Å². The van der Waals surface area contributed by atoms with E-state index in [9.17, 15) is 15.2 Å². The van der Waals surface area contributed by atoms with Crippen LogP contribution in [0.4, 0.5) is 0 Å². The van der Waals surface area contributed by atoms with Crippen molar-refractivity contribution in [1.82, 2.24) is 4.73 Å². The minimum absolute atomic E-state index is 0.0457. The second kappa shape index (κ2) is 6.54. The van der Waals surface area contributed by atoms with Crippen molar-refractivity contribution in [3.8, 4) is 0 Å². The first-order valence-corrected chi connectivity index (χ1v) is 6.82. The van der Waals surface area contributed by atoms with Gasteiger partial charge in [0, 0.05) is 11.0 Å². The largest absolute Gasteiger partial charge is 0.455 e. The SMILES string of the molecule is Cc1c(C(O)=[N+](CCO)CCO)[n+](=O)c2ccccc2n1O. The summed E-state index contributed by atoms with van der Waals surface area (Å²) in [6.07, 6.45) is 0. The molecule has 2 aromatic rings. The van der Waals surface area contributed by atoms with Gasteiger partial charge < -0.3 is 20.5 Å². The molecule has 1 aromatic heterocycles. The number of rotatable bonds is 5. The molecule has 22 heavy (non-hydrogen) atoms. The molecular formula is C14H19N3O5+2. The predicted molar refractivity (Wildman–Crippen MR) is 78.1 cm³/mol. The zero-order valence-electron chi connectivity index (χ0n) is 12.2. The van der Waals surface area contributed by atoms with E-state index in [4.69, 9.17) is 10.2 Å². The number of aliphatic hydroxyl groups excluding tert-OH is 3. The number of aliphatic hydroxyl groups is 3. The van der Waals surface area contributed by atoms with Crippen LogP contribution in [0, 0.1) is 11.8 Å². The summed E-state index contributed by atoms with van der Waals surface area (Å²) >= 11 is 0. The molecule has 8 nitrogen and oxygen atoms in total. The summed E-state index contributed by atoms with van der Waals surface area (Å²) in [5.41, 5.74) is 0.502. The normalized spacial score (nSPS) is 10.9. The van der Waals surface area contributed by atoms with Crippen LogP contribution in [0.15, 0.2) is 24.3 Å². The van der Waals surface area contributed by atoms with E-state index in [-0.39, 0.29) is 43.2 Å². The lowest BCUT2D eigenvalue weighted by Crippen LogP contribution is -2.37. The molecule has 4 N–H and O–H groups in total. The van der Waals surface area contributed by atoms with Crippen LogP contribution >= 0.6 is 0 Å². The first-order chi connectivity index (χ1) is 10.5. The molecule has 8 heteroatoms. The Balaban J connectivity index is 2.80. The van der Waals surface area contributed by atoms with Crippen molar-refractivity contribution < 1.29 is 29.5 Å². The number of aromatic nitrogens is 2. The summed E-state index contributed by atoms with van der Waals surface area (Å²) < 4.78 is 2.62. The Labute approximate surface area is 126 Å². The quantitative estimate of drug-likeness (QED) is 0.255. The number of nitrogens with zero attached hydrogens (tertiary/aromatic N) is 3. The Bertz CT molecular complexity index is 774. The molecule has 0 radical (unpaired) electrons. The molecular weight excluding hydrogens is 290 g/mol. The standard InChI is InChI=1S/C14H18N3O5/c1-10-13(14(20)15(6-8-18)7-9-19)17(22)12-5-3-2-4-11(12)16(10)21/h2-5,18-19,21H,6-9H2,1H3/q+1/p+1. The lowest BCUT2D eigenvalue weighted by Gasteiger charge is -2.06. The van der Waals surface area contributed by atoms with Gasteiger partial charge in [0.15, 0.2) is 18.6 Å². The van der Waals surface area contributed by atoms with Gasteiger partial charge in [-0.25, -0.2) is 0 Å². The van der Waals surface area contributed by atoms with Gasteiger partial charge in [-0.2, -0.15) is 9.31 Å². The van der Waals surface area contributed by atoms with Gasteiger partial charge in [0.25, 0.3) is 5.52 Å². The summed E-state index contributed by atoms with van der Waals surface area (Å²) in [5, 5.41) is 38.6. The molecule has 2 rings (SSSR count). The van der Waals surface area contributed by atoms with Crippen molar-refractivity contribution in [2.24, 2.45) is 0 Å². The van der Waals surface area contributed by atoms with Crippen LogP contribution in [0.25, 0.3) is 11.0 Å². The number of hydrogen-bond acceptors (Lipinski definition) is 4. The molecule has 0 atom stereocenters. The molecule has 118 valence electrons. The topological polar surface area (TPSA) is 112 Å². The summed E-state index contributed by atoms with van der Waals surface area (Å²) in [4.78, 5) is 12.5. The third kappa shape index (κ3) is 2.66. The highest BCUT2D eigenvalue weighted by atomic mass is 16.5. The summed E-state index contributed by atoms with van der Waals surface area (Å²) in [6.45, 7) is 1.07.